The molecule has 0 saturated carbocycles. The molecule has 1 unspecified atom stereocenters. The maximum atomic E-state index is 11.7. The predicted octanol–water partition coefficient (Wildman–Crippen LogP) is 1.75. The molecule has 5 heteroatoms. The predicted molar refractivity (Wildman–Crippen MR) is 62.7 cm³/mol. The van der Waals surface area contributed by atoms with Gasteiger partial charge in [-0.3, -0.25) is 9.59 Å². The fraction of sp³-hybridized carbons (Fsp3) is 0.455. The van der Waals surface area contributed by atoms with Crippen molar-refractivity contribution in [3.05, 3.63) is 21.9 Å². The van der Waals surface area contributed by atoms with E-state index in [1.807, 2.05) is 19.1 Å². The summed E-state index contributed by atoms with van der Waals surface area (Å²) in [6.07, 6.45) is 0. The first kappa shape index (κ1) is 12.7. The molecule has 0 aliphatic rings. The van der Waals surface area contributed by atoms with Gasteiger partial charge in [-0.1, -0.05) is 0 Å². The summed E-state index contributed by atoms with van der Waals surface area (Å²) in [5.41, 5.74) is 0. The topological polar surface area (TPSA) is 66.4 Å². The van der Waals surface area contributed by atoms with Gasteiger partial charge in [-0.25, -0.2) is 0 Å². The number of thiophene rings is 1. The van der Waals surface area contributed by atoms with E-state index in [-0.39, 0.29) is 11.8 Å². The highest BCUT2D eigenvalue weighted by Crippen LogP contribution is 2.24. The van der Waals surface area contributed by atoms with Crippen molar-refractivity contribution in [3.8, 4) is 0 Å². The van der Waals surface area contributed by atoms with Crippen LogP contribution >= 0.6 is 11.3 Å². The number of carbonyl (C=O) groups is 2. The summed E-state index contributed by atoms with van der Waals surface area (Å²) < 4.78 is 0. The summed E-state index contributed by atoms with van der Waals surface area (Å²) in [5.74, 6) is -1.58. The number of aryl methyl sites for hydroxylation is 1. The summed E-state index contributed by atoms with van der Waals surface area (Å²) in [7, 11) is 0. The Morgan fingerprint density at radius 2 is 2.00 bits per heavy atom. The number of carboxylic acid groups (broad SMARTS) is 1. The number of aliphatic carboxylic acids is 1. The van der Waals surface area contributed by atoms with Crippen molar-refractivity contribution < 1.29 is 14.7 Å². The van der Waals surface area contributed by atoms with Crippen LogP contribution in [0, 0.1) is 6.92 Å². The van der Waals surface area contributed by atoms with E-state index < -0.39 is 12.0 Å². The SMILES string of the molecule is Cc1ccc(C(C)C(=O)N[C@@H](C)C(=O)O)s1. The molecule has 1 aromatic heterocycles. The van der Waals surface area contributed by atoms with Gasteiger partial charge in [-0.2, -0.15) is 0 Å². The molecule has 1 rings (SSSR count). The van der Waals surface area contributed by atoms with Crippen LogP contribution in [0.3, 0.4) is 0 Å². The molecule has 0 radical (unpaired) electrons. The molecule has 1 heterocycles. The van der Waals surface area contributed by atoms with Crippen LogP contribution < -0.4 is 5.32 Å². The molecule has 1 amide bonds. The zero-order valence-corrected chi connectivity index (χ0v) is 10.3. The zero-order valence-electron chi connectivity index (χ0n) is 9.48. The Bertz CT molecular complexity index is 400. The number of rotatable bonds is 4. The minimum absolute atomic E-state index is 0.253. The van der Waals surface area contributed by atoms with E-state index in [2.05, 4.69) is 5.32 Å². The summed E-state index contributed by atoms with van der Waals surface area (Å²) in [5, 5.41) is 11.1. The van der Waals surface area contributed by atoms with Crippen LogP contribution in [0.15, 0.2) is 12.1 Å². The fourth-order valence-electron chi connectivity index (χ4n) is 1.22. The van der Waals surface area contributed by atoms with Crippen molar-refractivity contribution in [2.45, 2.75) is 32.7 Å². The Morgan fingerprint density at radius 1 is 1.38 bits per heavy atom. The van der Waals surface area contributed by atoms with Crippen molar-refractivity contribution in [1.82, 2.24) is 5.32 Å². The smallest absolute Gasteiger partial charge is 0.325 e. The Morgan fingerprint density at radius 3 is 2.44 bits per heavy atom. The van der Waals surface area contributed by atoms with Crippen LogP contribution in [-0.4, -0.2) is 23.0 Å². The van der Waals surface area contributed by atoms with Crippen LogP contribution in [0.1, 0.15) is 29.5 Å². The third-order valence-corrected chi connectivity index (χ3v) is 3.49. The average molecular weight is 241 g/mol. The first-order chi connectivity index (χ1) is 7.41. The van der Waals surface area contributed by atoms with E-state index in [4.69, 9.17) is 5.11 Å². The van der Waals surface area contributed by atoms with Crippen molar-refractivity contribution in [2.75, 3.05) is 0 Å². The van der Waals surface area contributed by atoms with E-state index in [9.17, 15) is 9.59 Å². The first-order valence-corrected chi connectivity index (χ1v) is 5.83. The molecular weight excluding hydrogens is 226 g/mol. The Kier molecular flexibility index (Phi) is 4.06. The molecule has 0 bridgehead atoms. The van der Waals surface area contributed by atoms with Gasteiger partial charge in [-0.05, 0) is 32.9 Å². The quantitative estimate of drug-likeness (QED) is 0.844. The molecule has 1 aromatic rings. The van der Waals surface area contributed by atoms with Crippen LogP contribution in [-0.2, 0) is 9.59 Å². The normalized spacial score (nSPS) is 14.2. The number of amides is 1. The largest absolute Gasteiger partial charge is 0.480 e. The number of nitrogens with one attached hydrogen (secondary N) is 1. The number of hydrogen-bond donors (Lipinski definition) is 2. The standard InChI is InChI=1S/C11H15NO3S/c1-6-4-5-9(16-6)7(2)10(13)12-8(3)11(14)15/h4-5,7-8H,1-3H3,(H,12,13)(H,14,15)/t7?,8-/m0/s1. The van der Waals surface area contributed by atoms with Crippen LogP contribution in [0.4, 0.5) is 0 Å². The monoisotopic (exact) mass is 241 g/mol. The van der Waals surface area contributed by atoms with Gasteiger partial charge in [0.2, 0.25) is 5.91 Å². The van der Waals surface area contributed by atoms with Gasteiger partial charge in [0.1, 0.15) is 6.04 Å². The molecule has 0 aromatic carbocycles. The first-order valence-electron chi connectivity index (χ1n) is 5.01. The third kappa shape index (κ3) is 3.06. The van der Waals surface area contributed by atoms with Gasteiger partial charge in [0.25, 0.3) is 0 Å². The van der Waals surface area contributed by atoms with E-state index in [1.165, 1.54) is 6.92 Å². The highest BCUT2D eigenvalue weighted by molar-refractivity contribution is 7.12. The van der Waals surface area contributed by atoms with Crippen LogP contribution in [0.5, 0.6) is 0 Å². The van der Waals surface area contributed by atoms with Crippen molar-refractivity contribution in [2.24, 2.45) is 0 Å². The molecule has 0 spiro atoms. The van der Waals surface area contributed by atoms with Crippen molar-refractivity contribution >= 4 is 23.2 Å². The third-order valence-electron chi connectivity index (χ3n) is 2.31. The van der Waals surface area contributed by atoms with Gasteiger partial charge in [0.15, 0.2) is 0 Å². The van der Waals surface area contributed by atoms with Crippen LogP contribution in [0.25, 0.3) is 0 Å². The second-order valence-corrected chi connectivity index (χ2v) is 5.06. The lowest BCUT2D eigenvalue weighted by molar-refractivity contribution is -0.141. The van der Waals surface area contributed by atoms with E-state index in [1.54, 1.807) is 18.3 Å². The van der Waals surface area contributed by atoms with E-state index >= 15 is 0 Å². The number of carbonyl (C=O) groups excluding carboxylic acids is 1. The molecule has 2 N–H and O–H groups in total. The fourth-order valence-corrected chi connectivity index (χ4v) is 2.14. The maximum Gasteiger partial charge on any atom is 0.325 e. The van der Waals surface area contributed by atoms with Gasteiger partial charge < -0.3 is 10.4 Å². The molecule has 0 fully saturated rings. The summed E-state index contributed by atoms with van der Waals surface area (Å²) >= 11 is 1.55. The number of hydrogen-bond acceptors (Lipinski definition) is 3. The second kappa shape index (κ2) is 5.12. The summed E-state index contributed by atoms with van der Waals surface area (Å²) in [6.45, 7) is 5.19. The summed E-state index contributed by atoms with van der Waals surface area (Å²) in [6, 6.07) is 3.00. The highest BCUT2D eigenvalue weighted by Gasteiger charge is 2.21. The Balaban J connectivity index is 2.64. The Labute approximate surface area is 98.3 Å². The minimum Gasteiger partial charge on any atom is -0.480 e. The van der Waals surface area contributed by atoms with Gasteiger partial charge in [0.05, 0.1) is 5.92 Å². The molecule has 0 aliphatic heterocycles. The summed E-state index contributed by atoms with van der Waals surface area (Å²) in [4.78, 5) is 24.4. The molecule has 4 nitrogen and oxygen atoms in total. The lowest BCUT2D eigenvalue weighted by atomic mass is 10.1. The van der Waals surface area contributed by atoms with E-state index in [0.29, 0.717) is 0 Å². The molecule has 16 heavy (non-hydrogen) atoms. The van der Waals surface area contributed by atoms with E-state index in [0.717, 1.165) is 9.75 Å². The highest BCUT2D eigenvalue weighted by atomic mass is 32.1. The van der Waals surface area contributed by atoms with Gasteiger partial charge in [0, 0.05) is 9.75 Å². The molecule has 88 valence electrons. The van der Waals surface area contributed by atoms with Gasteiger partial charge >= 0.3 is 5.97 Å². The maximum absolute atomic E-state index is 11.7. The number of carboxylic acids is 1. The Hall–Kier alpha value is -1.36. The van der Waals surface area contributed by atoms with Gasteiger partial charge in [-0.15, -0.1) is 11.3 Å². The zero-order chi connectivity index (χ0) is 12.3. The lowest BCUT2D eigenvalue weighted by Crippen LogP contribution is -2.40. The lowest BCUT2D eigenvalue weighted by Gasteiger charge is -2.13. The molecule has 2 atom stereocenters. The second-order valence-electron chi connectivity index (χ2n) is 3.74. The minimum atomic E-state index is -1.03. The van der Waals surface area contributed by atoms with Crippen LogP contribution in [0.2, 0.25) is 0 Å². The molecule has 0 saturated heterocycles. The molecule has 0 aliphatic carbocycles. The average Bonchev–Trinajstić information content (AvgIpc) is 2.63. The molecular formula is C11H15NO3S. The van der Waals surface area contributed by atoms with Crippen molar-refractivity contribution in [1.29, 1.82) is 0 Å². The van der Waals surface area contributed by atoms with Crippen molar-refractivity contribution in [3.63, 3.8) is 0 Å².